The van der Waals surface area contributed by atoms with Gasteiger partial charge in [0, 0.05) is 11.6 Å². The topological polar surface area (TPSA) is 102 Å². The first-order valence-electron chi connectivity index (χ1n) is 10.2. The number of halogens is 1. The van der Waals surface area contributed by atoms with Crippen LogP contribution in [0.3, 0.4) is 0 Å². The summed E-state index contributed by atoms with van der Waals surface area (Å²) in [5.74, 6) is -1.77. The highest BCUT2D eigenvalue weighted by molar-refractivity contribution is 6.07. The summed E-state index contributed by atoms with van der Waals surface area (Å²) in [5, 5.41) is 16.5. The van der Waals surface area contributed by atoms with Gasteiger partial charge in [-0.2, -0.15) is 10.1 Å². The Morgan fingerprint density at radius 1 is 1.09 bits per heavy atom. The van der Waals surface area contributed by atoms with Crippen molar-refractivity contribution in [3.8, 4) is 5.75 Å². The molecule has 0 unspecified atom stereocenters. The Labute approximate surface area is 182 Å². The number of allylic oxidation sites excluding steroid dienone is 2. The van der Waals surface area contributed by atoms with Gasteiger partial charge in [-0.3, -0.25) is 19.7 Å². The summed E-state index contributed by atoms with van der Waals surface area (Å²) in [6.45, 7) is -0.0350. The molecule has 2 aromatic carbocycles. The van der Waals surface area contributed by atoms with Gasteiger partial charge in [-0.1, -0.05) is 30.4 Å². The second kappa shape index (κ2) is 7.67. The van der Waals surface area contributed by atoms with E-state index in [0.717, 1.165) is 11.4 Å². The first kappa shape index (κ1) is 20.0. The maximum absolute atomic E-state index is 13.1. The van der Waals surface area contributed by atoms with Gasteiger partial charge in [0.15, 0.2) is 0 Å². The second-order valence-corrected chi connectivity index (χ2v) is 8.10. The zero-order chi connectivity index (χ0) is 22.4. The van der Waals surface area contributed by atoms with Crippen LogP contribution in [0.15, 0.2) is 59.7 Å². The lowest BCUT2D eigenvalue weighted by Gasteiger charge is -2.13. The molecule has 9 heteroatoms. The van der Waals surface area contributed by atoms with Crippen LogP contribution in [0.4, 0.5) is 10.1 Å². The summed E-state index contributed by atoms with van der Waals surface area (Å²) in [7, 11) is 0. The number of hydrogen-bond donors (Lipinski definition) is 0. The molecule has 1 saturated carbocycles. The first-order chi connectivity index (χ1) is 15.4. The Bertz CT molecular complexity index is 1150. The molecule has 1 heterocycles. The number of carbonyl (C=O) groups is 2. The van der Waals surface area contributed by atoms with E-state index in [1.165, 1.54) is 42.6 Å². The van der Waals surface area contributed by atoms with E-state index in [9.17, 15) is 24.1 Å². The molecular weight excluding hydrogens is 417 g/mol. The number of carbonyl (C=O) groups excluding carboxylic acids is 2. The minimum atomic E-state index is -0.586. The molecule has 3 aliphatic rings. The third-order valence-corrected chi connectivity index (χ3v) is 6.28. The van der Waals surface area contributed by atoms with Crippen LogP contribution in [0.1, 0.15) is 17.5 Å². The largest absolute Gasteiger partial charge is 0.481 e. The molecule has 0 N–H and O–H groups in total. The highest BCUT2D eigenvalue weighted by atomic mass is 19.1. The number of amides is 2. The fourth-order valence-corrected chi connectivity index (χ4v) is 4.80. The Hall–Kier alpha value is -3.88. The van der Waals surface area contributed by atoms with E-state index >= 15 is 0 Å². The molecule has 8 nitrogen and oxygen atoms in total. The average Bonchev–Trinajstić information content (AvgIpc) is 3.46. The Morgan fingerprint density at radius 3 is 2.38 bits per heavy atom. The van der Waals surface area contributed by atoms with Crippen molar-refractivity contribution in [1.82, 2.24) is 5.01 Å². The second-order valence-electron chi connectivity index (χ2n) is 8.10. The van der Waals surface area contributed by atoms with Gasteiger partial charge in [-0.15, -0.1) is 0 Å². The van der Waals surface area contributed by atoms with Crippen LogP contribution >= 0.6 is 0 Å². The third-order valence-electron chi connectivity index (χ3n) is 6.28. The molecular formula is C23H18FN3O5. The van der Waals surface area contributed by atoms with Gasteiger partial charge in [0.2, 0.25) is 5.75 Å². The van der Waals surface area contributed by atoms with E-state index in [2.05, 4.69) is 5.10 Å². The Kier molecular flexibility index (Phi) is 4.80. The van der Waals surface area contributed by atoms with Gasteiger partial charge in [0.25, 0.3) is 11.8 Å². The summed E-state index contributed by atoms with van der Waals surface area (Å²) in [6, 6.07) is 9.87. The van der Waals surface area contributed by atoms with Gasteiger partial charge in [-0.25, -0.2) is 4.39 Å². The number of rotatable bonds is 6. The summed E-state index contributed by atoms with van der Waals surface area (Å²) >= 11 is 0. The summed E-state index contributed by atoms with van der Waals surface area (Å²) < 4.78 is 18.8. The molecule has 2 amide bonds. The van der Waals surface area contributed by atoms with Crippen molar-refractivity contribution in [2.45, 2.75) is 13.0 Å². The molecule has 2 aliphatic carbocycles. The lowest BCUT2D eigenvalue weighted by molar-refractivity contribution is -0.385. The van der Waals surface area contributed by atoms with Crippen molar-refractivity contribution in [2.24, 2.45) is 28.8 Å². The smallest absolute Gasteiger partial charge is 0.311 e. The average molecular weight is 435 g/mol. The van der Waals surface area contributed by atoms with Crippen LogP contribution in [0.5, 0.6) is 5.75 Å². The summed E-state index contributed by atoms with van der Waals surface area (Å²) in [4.78, 5) is 36.5. The van der Waals surface area contributed by atoms with E-state index in [-0.39, 0.29) is 59.1 Å². The number of ether oxygens (including phenoxy) is 1. The van der Waals surface area contributed by atoms with Gasteiger partial charge in [0.05, 0.1) is 23.0 Å². The number of nitro groups is 1. The van der Waals surface area contributed by atoms with Crippen molar-refractivity contribution in [3.05, 3.63) is 81.7 Å². The number of nitrogens with zero attached hydrogens (tertiary/aromatic N) is 3. The maximum Gasteiger partial charge on any atom is 0.311 e. The van der Waals surface area contributed by atoms with Crippen LogP contribution in [0.2, 0.25) is 0 Å². The molecule has 1 aliphatic heterocycles. The third kappa shape index (κ3) is 3.26. The minimum Gasteiger partial charge on any atom is -0.481 e. The molecule has 1 saturated heterocycles. The molecule has 162 valence electrons. The zero-order valence-corrected chi connectivity index (χ0v) is 16.8. The van der Waals surface area contributed by atoms with E-state index in [0.29, 0.717) is 5.56 Å². The fraction of sp³-hybridized carbons (Fsp3) is 0.261. The predicted molar refractivity (Wildman–Crippen MR) is 111 cm³/mol. The SMILES string of the molecule is O=C1[C@@H]2[C@H](C(=O)N1N=Cc1cccc([N+](=O)[O-])c1OCc1ccc(F)cc1)[C@H]1C=C[C@H]2C1. The number of nitro benzene ring substituents is 1. The number of hydrazone groups is 1. The number of benzene rings is 2. The number of para-hydroxylation sites is 1. The lowest BCUT2D eigenvalue weighted by Crippen LogP contribution is -2.28. The predicted octanol–water partition coefficient (Wildman–Crippen LogP) is 3.45. The Morgan fingerprint density at radius 2 is 1.75 bits per heavy atom. The van der Waals surface area contributed by atoms with Crippen molar-refractivity contribution < 1.29 is 23.6 Å². The van der Waals surface area contributed by atoms with Crippen LogP contribution in [0, 0.1) is 39.6 Å². The quantitative estimate of drug-likeness (QED) is 0.227. The minimum absolute atomic E-state index is 0.0350. The van der Waals surface area contributed by atoms with Crippen molar-refractivity contribution in [1.29, 1.82) is 0 Å². The van der Waals surface area contributed by atoms with Gasteiger partial charge in [0.1, 0.15) is 12.4 Å². The molecule has 0 aromatic heterocycles. The van der Waals surface area contributed by atoms with Crippen LogP contribution in [0.25, 0.3) is 0 Å². The first-order valence-corrected chi connectivity index (χ1v) is 10.2. The molecule has 2 fully saturated rings. The van der Waals surface area contributed by atoms with Crippen molar-refractivity contribution >= 4 is 23.7 Å². The summed E-state index contributed by atoms with van der Waals surface area (Å²) in [6.07, 6.45) is 6.04. The normalized spacial score (nSPS) is 25.7. The van der Waals surface area contributed by atoms with Crippen molar-refractivity contribution in [2.75, 3.05) is 0 Å². The number of fused-ring (bicyclic) bond motifs is 5. The highest BCUT2D eigenvalue weighted by Crippen LogP contribution is 2.52. The van der Waals surface area contributed by atoms with Gasteiger partial charge in [-0.05, 0) is 42.0 Å². The van der Waals surface area contributed by atoms with Crippen LogP contribution in [-0.2, 0) is 16.2 Å². The van der Waals surface area contributed by atoms with Crippen molar-refractivity contribution in [3.63, 3.8) is 0 Å². The van der Waals surface area contributed by atoms with Crippen LogP contribution < -0.4 is 4.74 Å². The molecule has 32 heavy (non-hydrogen) atoms. The number of hydrogen-bond acceptors (Lipinski definition) is 6. The highest BCUT2D eigenvalue weighted by Gasteiger charge is 2.59. The van der Waals surface area contributed by atoms with Gasteiger partial charge < -0.3 is 4.74 Å². The fourth-order valence-electron chi connectivity index (χ4n) is 4.80. The lowest BCUT2D eigenvalue weighted by atomic mass is 9.85. The van der Waals surface area contributed by atoms with E-state index in [4.69, 9.17) is 4.74 Å². The molecule has 2 aromatic rings. The molecule has 0 spiro atoms. The molecule has 4 atom stereocenters. The zero-order valence-electron chi connectivity index (χ0n) is 16.8. The van der Waals surface area contributed by atoms with E-state index in [1.807, 2.05) is 12.2 Å². The molecule has 2 bridgehead atoms. The summed E-state index contributed by atoms with van der Waals surface area (Å²) in [5.41, 5.74) is 0.586. The van der Waals surface area contributed by atoms with Crippen LogP contribution in [-0.4, -0.2) is 28.0 Å². The molecule has 0 radical (unpaired) electrons. The standard InChI is InChI=1S/C23H18FN3O5/c24-17-8-4-13(5-9-17)12-32-21-16(2-1-3-18(21)27(30)31)11-25-26-22(28)19-14-6-7-15(10-14)20(19)23(26)29/h1-9,11,14-15,19-20H,10,12H2/t14-,15-,19-,20+/m0/s1. The molecule has 5 rings (SSSR count). The number of imide groups is 1. The maximum atomic E-state index is 13.1. The van der Waals surface area contributed by atoms with E-state index in [1.54, 1.807) is 6.07 Å². The Balaban J connectivity index is 1.41. The monoisotopic (exact) mass is 435 g/mol. The van der Waals surface area contributed by atoms with Gasteiger partial charge >= 0.3 is 5.69 Å². The van der Waals surface area contributed by atoms with E-state index < -0.39 is 10.7 Å².